The van der Waals surface area contributed by atoms with Crippen molar-refractivity contribution >= 4 is 0 Å². The van der Waals surface area contributed by atoms with Gasteiger partial charge in [-0.15, -0.1) is 0 Å². The molecule has 3 nitrogen and oxygen atoms in total. The number of aliphatic hydroxyl groups excluding tert-OH is 1. The topological polar surface area (TPSA) is 42.0 Å². The zero-order valence-corrected chi connectivity index (χ0v) is 8.12. The molecule has 0 aromatic carbocycles. The summed E-state index contributed by atoms with van der Waals surface area (Å²) in [5.74, 6) is 0.502. The van der Waals surface area contributed by atoms with Crippen molar-refractivity contribution in [1.29, 1.82) is 0 Å². The minimum Gasteiger partial charge on any atom is -0.390 e. The third-order valence-electron chi connectivity index (χ3n) is 4.02. The fourth-order valence-corrected chi connectivity index (χ4v) is 2.88. The predicted molar refractivity (Wildman–Crippen MR) is 46.4 cm³/mol. The normalized spacial score (nSPS) is 57.0. The van der Waals surface area contributed by atoms with Gasteiger partial charge in [-0.05, 0) is 32.6 Å². The summed E-state index contributed by atoms with van der Waals surface area (Å²) in [6.07, 6.45) is 1.72. The van der Waals surface area contributed by atoms with Gasteiger partial charge in [-0.1, -0.05) is 0 Å². The fraction of sp³-hybridized carbons (Fsp3) is 1.00. The lowest BCUT2D eigenvalue weighted by Crippen LogP contribution is -2.44. The lowest BCUT2D eigenvalue weighted by molar-refractivity contribution is -0.0663. The van der Waals surface area contributed by atoms with Crippen molar-refractivity contribution in [2.24, 2.45) is 5.92 Å². The first kappa shape index (κ1) is 8.21. The number of fused-ring (bicyclic) bond motifs is 3. The molecule has 1 spiro atoms. The highest BCUT2D eigenvalue weighted by molar-refractivity contribution is 5.14. The van der Waals surface area contributed by atoms with E-state index in [2.05, 4.69) is 13.8 Å². The third kappa shape index (κ3) is 0.901. The lowest BCUT2D eigenvalue weighted by atomic mass is 9.75. The van der Waals surface area contributed by atoms with Gasteiger partial charge in [-0.3, -0.25) is 0 Å². The molecule has 0 amide bonds. The third-order valence-corrected chi connectivity index (χ3v) is 4.02. The highest BCUT2D eigenvalue weighted by Crippen LogP contribution is 2.54. The van der Waals surface area contributed by atoms with Crippen LogP contribution in [0, 0.1) is 5.92 Å². The molecule has 2 aliphatic heterocycles. The van der Waals surface area contributed by atoms with Gasteiger partial charge < -0.3 is 14.6 Å². The van der Waals surface area contributed by atoms with E-state index >= 15 is 0 Å². The van der Waals surface area contributed by atoms with Crippen LogP contribution in [0.3, 0.4) is 0 Å². The van der Waals surface area contributed by atoms with E-state index in [0.717, 1.165) is 12.8 Å². The van der Waals surface area contributed by atoms with E-state index in [9.17, 15) is 5.11 Å². The predicted octanol–water partition coefficient (Wildman–Crippen LogP) is 0.704. The minimum atomic E-state index is -0.315. The Kier molecular flexibility index (Phi) is 1.33. The van der Waals surface area contributed by atoms with Crippen LogP contribution in [0.5, 0.6) is 0 Å². The van der Waals surface area contributed by atoms with E-state index in [1.807, 2.05) is 0 Å². The number of hydrogen-bond acceptors (Lipinski definition) is 3. The maximum absolute atomic E-state index is 9.91. The Morgan fingerprint density at radius 2 is 2.00 bits per heavy atom. The quantitative estimate of drug-likeness (QED) is 0.564. The van der Waals surface area contributed by atoms with Crippen molar-refractivity contribution in [2.45, 2.75) is 50.1 Å². The molecular weight excluding hydrogens is 168 g/mol. The Hall–Kier alpha value is -0.120. The zero-order chi connectivity index (χ0) is 9.27. The summed E-state index contributed by atoms with van der Waals surface area (Å²) in [5.41, 5.74) is -0.384. The smallest absolute Gasteiger partial charge is 0.143 e. The van der Waals surface area contributed by atoms with Crippen LogP contribution in [0.25, 0.3) is 0 Å². The average Bonchev–Trinajstić information content (AvgIpc) is 2.75. The van der Waals surface area contributed by atoms with E-state index < -0.39 is 0 Å². The van der Waals surface area contributed by atoms with E-state index in [-0.39, 0.29) is 23.4 Å². The fourth-order valence-electron chi connectivity index (χ4n) is 2.88. The summed E-state index contributed by atoms with van der Waals surface area (Å²) in [6, 6.07) is 0. The van der Waals surface area contributed by atoms with Crippen LogP contribution in [0.2, 0.25) is 0 Å². The van der Waals surface area contributed by atoms with Crippen LogP contribution in [0.1, 0.15) is 26.7 Å². The van der Waals surface area contributed by atoms with Gasteiger partial charge in [0.15, 0.2) is 0 Å². The van der Waals surface area contributed by atoms with Crippen molar-refractivity contribution in [2.75, 3.05) is 6.61 Å². The van der Waals surface area contributed by atoms with Gasteiger partial charge >= 0.3 is 0 Å². The number of hydrogen-bond donors (Lipinski definition) is 1. The number of epoxide rings is 1. The molecule has 13 heavy (non-hydrogen) atoms. The summed E-state index contributed by atoms with van der Waals surface area (Å²) in [4.78, 5) is 0. The summed E-state index contributed by atoms with van der Waals surface area (Å²) in [7, 11) is 0. The van der Waals surface area contributed by atoms with Gasteiger partial charge in [0, 0.05) is 0 Å². The van der Waals surface area contributed by atoms with Crippen molar-refractivity contribution in [3.05, 3.63) is 0 Å². The molecule has 0 aromatic rings. The molecule has 74 valence electrons. The molecule has 3 rings (SSSR count). The molecule has 3 fully saturated rings. The number of aliphatic hydroxyl groups is 1. The van der Waals surface area contributed by atoms with Crippen LogP contribution >= 0.6 is 0 Å². The van der Waals surface area contributed by atoms with Gasteiger partial charge in [-0.2, -0.15) is 0 Å². The lowest BCUT2D eigenvalue weighted by Gasteiger charge is -2.29. The monoisotopic (exact) mass is 184 g/mol. The Labute approximate surface area is 78.0 Å². The molecule has 2 heterocycles. The van der Waals surface area contributed by atoms with E-state index in [1.165, 1.54) is 0 Å². The van der Waals surface area contributed by atoms with Crippen molar-refractivity contribution in [3.63, 3.8) is 0 Å². The number of rotatable bonds is 0. The van der Waals surface area contributed by atoms with Gasteiger partial charge in [0.2, 0.25) is 0 Å². The van der Waals surface area contributed by atoms with E-state index in [0.29, 0.717) is 12.5 Å². The summed E-state index contributed by atoms with van der Waals surface area (Å²) in [5, 5.41) is 9.91. The first-order chi connectivity index (χ1) is 6.05. The van der Waals surface area contributed by atoms with Gasteiger partial charge in [-0.25, -0.2) is 0 Å². The molecule has 1 N–H and O–H groups in total. The second-order valence-electron chi connectivity index (χ2n) is 5.14. The molecule has 2 bridgehead atoms. The molecule has 3 heteroatoms. The van der Waals surface area contributed by atoms with Crippen LogP contribution < -0.4 is 0 Å². The number of ether oxygens (including phenoxy) is 2. The first-order valence-corrected chi connectivity index (χ1v) is 5.04. The average molecular weight is 184 g/mol. The highest BCUT2D eigenvalue weighted by atomic mass is 16.6. The molecule has 3 aliphatic rings. The Morgan fingerprint density at radius 1 is 1.31 bits per heavy atom. The first-order valence-electron chi connectivity index (χ1n) is 5.04. The maximum atomic E-state index is 9.91. The highest BCUT2D eigenvalue weighted by Gasteiger charge is 2.66. The minimum absolute atomic E-state index is 0.0684. The molecule has 1 aliphatic carbocycles. The van der Waals surface area contributed by atoms with Crippen LogP contribution in [0.15, 0.2) is 0 Å². The van der Waals surface area contributed by atoms with Gasteiger partial charge in [0.05, 0.1) is 24.4 Å². The summed E-state index contributed by atoms with van der Waals surface area (Å²) in [6.45, 7) is 4.92. The second-order valence-corrected chi connectivity index (χ2v) is 5.14. The van der Waals surface area contributed by atoms with Gasteiger partial charge in [0.25, 0.3) is 0 Å². The van der Waals surface area contributed by atoms with Crippen molar-refractivity contribution in [3.8, 4) is 0 Å². The standard InChI is InChI=1S/C10H16O3/c1-9(2)6-3-7(11)10(5-12-10)8(4-6)13-9/h6-8,11H,3-5H2,1-2H3/t6-,7-,8-,10-/m1/s1. The Balaban J connectivity index is 1.93. The van der Waals surface area contributed by atoms with Crippen LogP contribution in [0.4, 0.5) is 0 Å². The molecule has 1 saturated carbocycles. The van der Waals surface area contributed by atoms with E-state index in [1.54, 1.807) is 0 Å². The molecule has 4 atom stereocenters. The molecule has 0 unspecified atom stereocenters. The van der Waals surface area contributed by atoms with Crippen molar-refractivity contribution in [1.82, 2.24) is 0 Å². The largest absolute Gasteiger partial charge is 0.390 e. The molecular formula is C10H16O3. The molecule has 0 aromatic heterocycles. The molecule has 2 saturated heterocycles. The van der Waals surface area contributed by atoms with E-state index in [4.69, 9.17) is 9.47 Å². The Bertz CT molecular complexity index is 245. The summed E-state index contributed by atoms with van der Waals surface area (Å²) < 4.78 is 11.3. The Morgan fingerprint density at radius 3 is 2.62 bits per heavy atom. The van der Waals surface area contributed by atoms with Crippen LogP contribution in [-0.2, 0) is 9.47 Å². The second kappa shape index (κ2) is 2.10. The van der Waals surface area contributed by atoms with Crippen LogP contribution in [-0.4, -0.2) is 35.1 Å². The molecule has 0 radical (unpaired) electrons. The van der Waals surface area contributed by atoms with Crippen molar-refractivity contribution < 1.29 is 14.6 Å². The SMILES string of the molecule is CC1(C)O[C@@H]2C[C@H]1C[C@@H](O)[C@]21CO1. The van der Waals surface area contributed by atoms with Gasteiger partial charge in [0.1, 0.15) is 5.60 Å². The zero-order valence-electron chi connectivity index (χ0n) is 8.12. The maximum Gasteiger partial charge on any atom is 0.143 e. The summed E-state index contributed by atoms with van der Waals surface area (Å²) >= 11 is 0.